The van der Waals surface area contributed by atoms with E-state index in [-0.39, 0.29) is 0 Å². The van der Waals surface area contributed by atoms with Gasteiger partial charge in [0.2, 0.25) is 0 Å². The molecule has 0 amide bonds. The highest BCUT2D eigenvalue weighted by Gasteiger charge is 2.01. The third-order valence-electron chi connectivity index (χ3n) is 2.74. The average molecular weight is 251 g/mol. The van der Waals surface area contributed by atoms with Crippen molar-refractivity contribution < 1.29 is 0 Å². The Hall–Kier alpha value is -2.39. The molecular formula is C16H17N3. The summed E-state index contributed by atoms with van der Waals surface area (Å²) in [7, 11) is 0. The van der Waals surface area contributed by atoms with Gasteiger partial charge in [0, 0.05) is 11.8 Å². The standard InChI is InChI=1S/C16H17N3/c1-18-16(15-10-6-3-7-11-15)13-19(17)12-14-8-4-2-5-9-14/h2-11,13H,1,12,17H2/b16-13-. The molecule has 0 atom stereocenters. The van der Waals surface area contributed by atoms with E-state index in [1.54, 1.807) is 11.2 Å². The topological polar surface area (TPSA) is 41.6 Å². The molecule has 2 rings (SSSR count). The molecule has 0 unspecified atom stereocenters. The smallest absolute Gasteiger partial charge is 0.0868 e. The maximum atomic E-state index is 5.99. The molecule has 3 heteroatoms. The summed E-state index contributed by atoms with van der Waals surface area (Å²) in [5, 5.41) is 1.62. The number of hydrogen-bond donors (Lipinski definition) is 1. The number of aliphatic imine (C=N–C) groups is 1. The summed E-state index contributed by atoms with van der Waals surface area (Å²) in [6.45, 7) is 4.23. The minimum absolute atomic E-state index is 0.632. The van der Waals surface area contributed by atoms with Crippen molar-refractivity contribution in [2.75, 3.05) is 0 Å². The van der Waals surface area contributed by atoms with Gasteiger partial charge in [0.25, 0.3) is 0 Å². The van der Waals surface area contributed by atoms with Gasteiger partial charge in [-0.1, -0.05) is 60.7 Å². The third-order valence-corrected chi connectivity index (χ3v) is 2.74. The van der Waals surface area contributed by atoms with Gasteiger partial charge in [0.15, 0.2) is 0 Å². The van der Waals surface area contributed by atoms with E-state index in [1.807, 2.05) is 60.7 Å². The lowest BCUT2D eigenvalue weighted by atomic mass is 10.2. The van der Waals surface area contributed by atoms with Crippen LogP contribution in [-0.4, -0.2) is 11.7 Å². The van der Waals surface area contributed by atoms with Crippen molar-refractivity contribution in [2.45, 2.75) is 6.54 Å². The summed E-state index contributed by atoms with van der Waals surface area (Å²) in [6, 6.07) is 19.9. The second-order valence-corrected chi connectivity index (χ2v) is 4.20. The van der Waals surface area contributed by atoms with Gasteiger partial charge >= 0.3 is 0 Å². The maximum absolute atomic E-state index is 5.99. The molecule has 0 saturated carbocycles. The first kappa shape index (κ1) is 13.1. The van der Waals surface area contributed by atoms with Crippen LogP contribution in [0.15, 0.2) is 71.9 Å². The first-order valence-electron chi connectivity index (χ1n) is 6.09. The molecule has 0 aliphatic carbocycles. The SMILES string of the molecule is C=N/C(=C\N(N)Cc1ccccc1)c1ccccc1. The zero-order chi connectivity index (χ0) is 13.5. The van der Waals surface area contributed by atoms with Crippen LogP contribution in [0.25, 0.3) is 5.70 Å². The molecule has 0 aliphatic heterocycles. The van der Waals surface area contributed by atoms with Gasteiger partial charge in [0.05, 0.1) is 12.2 Å². The van der Waals surface area contributed by atoms with Crippen LogP contribution in [0.1, 0.15) is 11.1 Å². The quantitative estimate of drug-likeness (QED) is 0.504. The number of hydrogen-bond acceptors (Lipinski definition) is 3. The fourth-order valence-electron chi connectivity index (χ4n) is 1.81. The molecule has 0 fully saturated rings. The van der Waals surface area contributed by atoms with Crippen molar-refractivity contribution in [3.63, 3.8) is 0 Å². The van der Waals surface area contributed by atoms with E-state index in [4.69, 9.17) is 5.84 Å². The molecule has 0 bridgehead atoms. The predicted molar refractivity (Wildman–Crippen MR) is 80.1 cm³/mol. The van der Waals surface area contributed by atoms with Gasteiger partial charge in [-0.3, -0.25) is 4.99 Å². The Morgan fingerprint density at radius 3 is 2.21 bits per heavy atom. The molecule has 2 N–H and O–H groups in total. The van der Waals surface area contributed by atoms with Gasteiger partial charge < -0.3 is 5.01 Å². The highest BCUT2D eigenvalue weighted by Crippen LogP contribution is 2.15. The Kier molecular flexibility index (Phi) is 4.48. The lowest BCUT2D eigenvalue weighted by Crippen LogP contribution is -2.24. The summed E-state index contributed by atoms with van der Waals surface area (Å²) < 4.78 is 0. The van der Waals surface area contributed by atoms with E-state index < -0.39 is 0 Å². The second-order valence-electron chi connectivity index (χ2n) is 4.20. The number of nitrogens with zero attached hydrogens (tertiary/aromatic N) is 2. The van der Waals surface area contributed by atoms with E-state index in [0.717, 1.165) is 16.8 Å². The first-order chi connectivity index (χ1) is 9.29. The minimum Gasteiger partial charge on any atom is -0.312 e. The molecule has 0 heterocycles. The number of nitrogens with two attached hydrogens (primary N) is 1. The van der Waals surface area contributed by atoms with Crippen LogP contribution in [-0.2, 0) is 6.54 Å². The van der Waals surface area contributed by atoms with E-state index >= 15 is 0 Å². The molecule has 96 valence electrons. The molecule has 0 spiro atoms. The molecule has 3 nitrogen and oxygen atoms in total. The van der Waals surface area contributed by atoms with Crippen molar-refractivity contribution in [3.05, 3.63) is 78.0 Å². The number of benzene rings is 2. The Bertz CT molecular complexity index is 547. The van der Waals surface area contributed by atoms with Crippen LogP contribution in [0.4, 0.5) is 0 Å². The lowest BCUT2D eigenvalue weighted by molar-refractivity contribution is 0.388. The fraction of sp³-hybridized carbons (Fsp3) is 0.0625. The molecule has 0 aromatic heterocycles. The summed E-state index contributed by atoms with van der Waals surface area (Å²) >= 11 is 0. The van der Waals surface area contributed by atoms with Crippen molar-refractivity contribution in [1.82, 2.24) is 5.01 Å². The van der Waals surface area contributed by atoms with Gasteiger partial charge in [-0.05, 0) is 12.3 Å². The molecule has 2 aromatic rings. The Labute approximate surface area is 113 Å². The van der Waals surface area contributed by atoms with Gasteiger partial charge in [-0.15, -0.1) is 0 Å². The zero-order valence-corrected chi connectivity index (χ0v) is 10.7. The third kappa shape index (κ3) is 3.79. The Morgan fingerprint density at radius 2 is 1.63 bits per heavy atom. The largest absolute Gasteiger partial charge is 0.312 e. The van der Waals surface area contributed by atoms with Crippen LogP contribution in [0.2, 0.25) is 0 Å². The minimum atomic E-state index is 0.632. The Morgan fingerprint density at radius 1 is 1.05 bits per heavy atom. The van der Waals surface area contributed by atoms with E-state index in [9.17, 15) is 0 Å². The van der Waals surface area contributed by atoms with Crippen molar-refractivity contribution in [1.29, 1.82) is 0 Å². The van der Waals surface area contributed by atoms with Crippen molar-refractivity contribution in [2.24, 2.45) is 10.8 Å². The Balaban J connectivity index is 2.12. The van der Waals surface area contributed by atoms with Crippen LogP contribution in [0.5, 0.6) is 0 Å². The van der Waals surface area contributed by atoms with Gasteiger partial charge in [-0.25, -0.2) is 5.84 Å². The molecule has 0 aliphatic rings. The monoisotopic (exact) mass is 251 g/mol. The zero-order valence-electron chi connectivity index (χ0n) is 10.7. The fourth-order valence-corrected chi connectivity index (χ4v) is 1.81. The van der Waals surface area contributed by atoms with E-state index in [0.29, 0.717) is 6.54 Å². The second kappa shape index (κ2) is 6.52. The van der Waals surface area contributed by atoms with Gasteiger partial charge in [-0.2, -0.15) is 0 Å². The normalized spacial score (nSPS) is 11.1. The first-order valence-corrected chi connectivity index (χ1v) is 6.09. The molecule has 19 heavy (non-hydrogen) atoms. The highest BCUT2D eigenvalue weighted by atomic mass is 15.4. The van der Waals surface area contributed by atoms with Crippen LogP contribution in [0.3, 0.4) is 0 Å². The van der Waals surface area contributed by atoms with Crippen LogP contribution >= 0.6 is 0 Å². The summed E-state index contributed by atoms with van der Waals surface area (Å²) in [4.78, 5) is 4.03. The average Bonchev–Trinajstić information content (AvgIpc) is 2.47. The molecular weight excluding hydrogens is 234 g/mol. The highest BCUT2D eigenvalue weighted by molar-refractivity contribution is 5.67. The van der Waals surface area contributed by atoms with E-state index in [2.05, 4.69) is 11.7 Å². The molecule has 0 saturated heterocycles. The van der Waals surface area contributed by atoms with Crippen LogP contribution < -0.4 is 5.84 Å². The molecule has 2 aromatic carbocycles. The number of hydrazine groups is 1. The van der Waals surface area contributed by atoms with Gasteiger partial charge in [0.1, 0.15) is 0 Å². The van der Waals surface area contributed by atoms with E-state index in [1.165, 1.54) is 0 Å². The summed E-state index contributed by atoms with van der Waals surface area (Å²) in [6.07, 6.45) is 1.80. The van der Waals surface area contributed by atoms with Crippen molar-refractivity contribution >= 4 is 12.4 Å². The summed E-state index contributed by atoms with van der Waals surface area (Å²) in [5.41, 5.74) is 2.91. The summed E-state index contributed by atoms with van der Waals surface area (Å²) in [5.74, 6) is 5.99. The number of rotatable bonds is 5. The van der Waals surface area contributed by atoms with Crippen LogP contribution in [0, 0.1) is 0 Å². The maximum Gasteiger partial charge on any atom is 0.0868 e. The molecule has 0 radical (unpaired) electrons. The predicted octanol–water partition coefficient (Wildman–Crippen LogP) is 3.06. The lowest BCUT2D eigenvalue weighted by Gasteiger charge is -2.15. The van der Waals surface area contributed by atoms with Crippen molar-refractivity contribution in [3.8, 4) is 0 Å².